The summed E-state index contributed by atoms with van der Waals surface area (Å²) in [5.41, 5.74) is 0. The standard InChI is InChI=1S/C20H27NO3/c1-4-8-20(22)24-17(13-21-15(2)3)14-23-19-12-7-10-16-9-5-6-11-18(16)19/h5-7,9-12,15,17,21H,4,8,13-14H2,1-3H3/t17-/m0/s1. The maximum absolute atomic E-state index is 11.8. The molecule has 0 unspecified atom stereocenters. The van der Waals surface area contributed by atoms with E-state index in [9.17, 15) is 4.79 Å². The smallest absolute Gasteiger partial charge is 0.306 e. The third-order valence-corrected chi connectivity index (χ3v) is 3.68. The molecule has 0 spiro atoms. The van der Waals surface area contributed by atoms with Crippen molar-refractivity contribution in [1.29, 1.82) is 0 Å². The molecule has 0 aliphatic rings. The highest BCUT2D eigenvalue weighted by atomic mass is 16.6. The first-order valence-corrected chi connectivity index (χ1v) is 8.63. The Hall–Kier alpha value is -2.07. The van der Waals surface area contributed by atoms with Gasteiger partial charge in [0.2, 0.25) is 0 Å². The number of nitrogens with one attached hydrogen (secondary N) is 1. The van der Waals surface area contributed by atoms with Crippen LogP contribution in [0.2, 0.25) is 0 Å². The van der Waals surface area contributed by atoms with E-state index in [1.165, 1.54) is 0 Å². The van der Waals surface area contributed by atoms with Gasteiger partial charge in [-0.05, 0) is 17.9 Å². The van der Waals surface area contributed by atoms with E-state index in [1.807, 2.05) is 37.3 Å². The monoisotopic (exact) mass is 329 g/mol. The molecule has 0 amide bonds. The summed E-state index contributed by atoms with van der Waals surface area (Å²) in [5.74, 6) is 0.642. The van der Waals surface area contributed by atoms with Gasteiger partial charge >= 0.3 is 5.97 Å². The van der Waals surface area contributed by atoms with Crippen LogP contribution in [0, 0.1) is 0 Å². The van der Waals surface area contributed by atoms with Crippen LogP contribution in [0.5, 0.6) is 5.75 Å². The molecule has 4 nitrogen and oxygen atoms in total. The Morgan fingerprint density at radius 3 is 2.62 bits per heavy atom. The van der Waals surface area contributed by atoms with Crippen molar-refractivity contribution in [3.05, 3.63) is 42.5 Å². The third-order valence-electron chi connectivity index (χ3n) is 3.68. The molecule has 24 heavy (non-hydrogen) atoms. The summed E-state index contributed by atoms with van der Waals surface area (Å²) in [6.07, 6.45) is 0.921. The Balaban J connectivity index is 2.03. The van der Waals surface area contributed by atoms with Gasteiger partial charge in [0.05, 0.1) is 0 Å². The summed E-state index contributed by atoms with van der Waals surface area (Å²) >= 11 is 0. The van der Waals surface area contributed by atoms with Gasteiger partial charge in [0, 0.05) is 24.4 Å². The van der Waals surface area contributed by atoms with Crippen LogP contribution in [0.1, 0.15) is 33.6 Å². The molecule has 0 heterocycles. The van der Waals surface area contributed by atoms with E-state index < -0.39 is 0 Å². The fourth-order valence-corrected chi connectivity index (χ4v) is 2.45. The lowest BCUT2D eigenvalue weighted by Gasteiger charge is -2.21. The van der Waals surface area contributed by atoms with E-state index in [1.54, 1.807) is 0 Å². The van der Waals surface area contributed by atoms with Gasteiger partial charge in [0.1, 0.15) is 18.5 Å². The van der Waals surface area contributed by atoms with Crippen molar-refractivity contribution in [2.24, 2.45) is 0 Å². The number of benzene rings is 2. The number of carbonyl (C=O) groups is 1. The van der Waals surface area contributed by atoms with Crippen LogP contribution < -0.4 is 10.1 Å². The number of fused-ring (bicyclic) bond motifs is 1. The van der Waals surface area contributed by atoms with Crippen molar-refractivity contribution in [3.8, 4) is 5.75 Å². The van der Waals surface area contributed by atoms with Crippen molar-refractivity contribution in [1.82, 2.24) is 5.32 Å². The predicted molar refractivity (Wildman–Crippen MR) is 97.4 cm³/mol. The van der Waals surface area contributed by atoms with Crippen molar-refractivity contribution < 1.29 is 14.3 Å². The summed E-state index contributed by atoms with van der Waals surface area (Å²) in [7, 11) is 0. The summed E-state index contributed by atoms with van der Waals surface area (Å²) in [6.45, 7) is 7.02. The van der Waals surface area contributed by atoms with Crippen LogP contribution in [0.15, 0.2) is 42.5 Å². The number of ether oxygens (including phenoxy) is 2. The number of esters is 1. The lowest BCUT2D eigenvalue weighted by atomic mass is 10.1. The number of hydrogen-bond acceptors (Lipinski definition) is 4. The van der Waals surface area contributed by atoms with E-state index >= 15 is 0 Å². The van der Waals surface area contributed by atoms with Gasteiger partial charge in [-0.1, -0.05) is 57.2 Å². The lowest BCUT2D eigenvalue weighted by Crippen LogP contribution is -2.38. The Bertz CT molecular complexity index is 649. The molecule has 0 saturated carbocycles. The van der Waals surface area contributed by atoms with E-state index in [-0.39, 0.29) is 12.1 Å². The van der Waals surface area contributed by atoms with Gasteiger partial charge in [-0.2, -0.15) is 0 Å². The zero-order chi connectivity index (χ0) is 17.4. The molecule has 1 N–H and O–H groups in total. The van der Waals surface area contributed by atoms with Crippen molar-refractivity contribution in [2.75, 3.05) is 13.2 Å². The average molecular weight is 329 g/mol. The zero-order valence-electron chi connectivity index (χ0n) is 14.7. The van der Waals surface area contributed by atoms with Gasteiger partial charge in [-0.15, -0.1) is 0 Å². The molecule has 4 heteroatoms. The molecule has 0 radical (unpaired) electrons. The Morgan fingerprint density at radius 1 is 1.12 bits per heavy atom. The molecule has 0 fully saturated rings. The van der Waals surface area contributed by atoms with Gasteiger partial charge in [-0.25, -0.2) is 0 Å². The second-order valence-corrected chi connectivity index (χ2v) is 6.21. The van der Waals surface area contributed by atoms with Gasteiger partial charge in [0.15, 0.2) is 0 Å². The molecule has 2 rings (SSSR count). The highest BCUT2D eigenvalue weighted by Crippen LogP contribution is 2.25. The highest BCUT2D eigenvalue weighted by molar-refractivity contribution is 5.88. The van der Waals surface area contributed by atoms with E-state index in [4.69, 9.17) is 9.47 Å². The van der Waals surface area contributed by atoms with E-state index in [2.05, 4.69) is 31.3 Å². The Labute approximate surface area is 144 Å². The van der Waals surface area contributed by atoms with Crippen molar-refractivity contribution >= 4 is 16.7 Å². The van der Waals surface area contributed by atoms with Crippen LogP contribution in [-0.4, -0.2) is 31.3 Å². The molecule has 1 atom stereocenters. The van der Waals surface area contributed by atoms with E-state index in [0.717, 1.165) is 22.9 Å². The van der Waals surface area contributed by atoms with Crippen molar-refractivity contribution in [2.45, 2.75) is 45.8 Å². The summed E-state index contributed by atoms with van der Waals surface area (Å²) in [5, 5.41) is 5.51. The molecule has 2 aromatic rings. The second-order valence-electron chi connectivity index (χ2n) is 6.21. The number of carbonyl (C=O) groups excluding carboxylic acids is 1. The van der Waals surface area contributed by atoms with E-state index in [0.29, 0.717) is 25.6 Å². The average Bonchev–Trinajstić information content (AvgIpc) is 2.57. The minimum atomic E-state index is -0.301. The SMILES string of the molecule is CCCC(=O)O[C@@H](CNC(C)C)COc1cccc2ccccc12. The first-order chi connectivity index (χ1) is 11.6. The maximum atomic E-state index is 11.8. The number of rotatable bonds is 9. The molecule has 0 aliphatic heterocycles. The molecular weight excluding hydrogens is 302 g/mol. The lowest BCUT2D eigenvalue weighted by molar-refractivity contribution is -0.150. The quantitative estimate of drug-likeness (QED) is 0.708. The first-order valence-electron chi connectivity index (χ1n) is 8.63. The largest absolute Gasteiger partial charge is 0.489 e. The van der Waals surface area contributed by atoms with Gasteiger partial charge < -0.3 is 14.8 Å². The minimum absolute atomic E-state index is 0.172. The molecule has 0 aromatic heterocycles. The Morgan fingerprint density at radius 2 is 1.88 bits per heavy atom. The predicted octanol–water partition coefficient (Wildman–Crippen LogP) is 3.93. The molecule has 130 valence electrons. The Kier molecular flexibility index (Phi) is 7.07. The summed E-state index contributed by atoms with van der Waals surface area (Å²) in [6, 6.07) is 14.4. The van der Waals surface area contributed by atoms with Crippen LogP contribution in [0.4, 0.5) is 0 Å². The molecular formula is C20H27NO3. The molecule has 0 saturated heterocycles. The van der Waals surface area contributed by atoms with Crippen LogP contribution in [0.3, 0.4) is 0 Å². The number of hydrogen-bond donors (Lipinski definition) is 1. The van der Waals surface area contributed by atoms with Gasteiger partial charge in [-0.3, -0.25) is 4.79 Å². The van der Waals surface area contributed by atoms with Gasteiger partial charge in [0.25, 0.3) is 0 Å². The topological polar surface area (TPSA) is 47.6 Å². The first kappa shape index (κ1) is 18.3. The molecule has 0 bridgehead atoms. The van der Waals surface area contributed by atoms with Crippen LogP contribution >= 0.6 is 0 Å². The van der Waals surface area contributed by atoms with Crippen molar-refractivity contribution in [3.63, 3.8) is 0 Å². The molecule has 2 aromatic carbocycles. The third kappa shape index (κ3) is 5.53. The molecule has 0 aliphatic carbocycles. The fraction of sp³-hybridized carbons (Fsp3) is 0.450. The second kappa shape index (κ2) is 9.28. The zero-order valence-corrected chi connectivity index (χ0v) is 14.7. The normalized spacial score (nSPS) is 12.3. The fourth-order valence-electron chi connectivity index (χ4n) is 2.45. The minimum Gasteiger partial charge on any atom is -0.489 e. The summed E-state index contributed by atoms with van der Waals surface area (Å²) < 4.78 is 11.5. The van der Waals surface area contributed by atoms with Crippen LogP contribution in [0.25, 0.3) is 10.8 Å². The highest BCUT2D eigenvalue weighted by Gasteiger charge is 2.16. The summed E-state index contributed by atoms with van der Waals surface area (Å²) in [4.78, 5) is 11.8. The van der Waals surface area contributed by atoms with Crippen LogP contribution in [-0.2, 0) is 9.53 Å². The maximum Gasteiger partial charge on any atom is 0.306 e.